The summed E-state index contributed by atoms with van der Waals surface area (Å²) in [5, 5.41) is 3.09. The third-order valence-electron chi connectivity index (χ3n) is 1.57. The van der Waals surface area contributed by atoms with Crippen LogP contribution in [0.25, 0.3) is 0 Å². The molecule has 11 heavy (non-hydrogen) atoms. The number of nitrogens with one attached hydrogen (secondary N) is 1. The second-order valence-electron chi connectivity index (χ2n) is 2.32. The monoisotopic (exact) mass is 153 g/mol. The van der Waals surface area contributed by atoms with E-state index in [9.17, 15) is 0 Å². The van der Waals surface area contributed by atoms with Gasteiger partial charge in [-0.1, -0.05) is 0 Å². The minimum atomic E-state index is 0.565. The van der Waals surface area contributed by atoms with Gasteiger partial charge in [-0.05, 0) is 6.92 Å². The minimum Gasteiger partial charge on any atom is -0.384 e. The summed E-state index contributed by atoms with van der Waals surface area (Å²) < 4.78 is 1.96. The molecule has 1 heterocycles. The van der Waals surface area contributed by atoms with E-state index >= 15 is 0 Å². The van der Waals surface area contributed by atoms with Crippen LogP contribution in [-0.2, 0) is 0 Å². The summed E-state index contributed by atoms with van der Waals surface area (Å²) in [6, 6.07) is 0. The van der Waals surface area contributed by atoms with E-state index < -0.39 is 0 Å². The first-order valence-corrected chi connectivity index (χ1v) is 3.52. The zero-order valence-electron chi connectivity index (χ0n) is 6.83. The van der Waals surface area contributed by atoms with E-state index in [1.54, 1.807) is 0 Å². The Labute approximate surface area is 66.1 Å². The van der Waals surface area contributed by atoms with E-state index in [0.717, 1.165) is 5.82 Å². The van der Waals surface area contributed by atoms with Crippen molar-refractivity contribution in [1.29, 1.82) is 0 Å². The number of nitrogens with two attached hydrogens (primary N) is 1. The number of nitrogens with zero attached hydrogens (tertiary/aromatic N) is 2. The lowest BCUT2D eigenvalue weighted by Gasteiger charge is -2.07. The highest BCUT2D eigenvalue weighted by atomic mass is 15.2. The van der Waals surface area contributed by atoms with E-state index in [-0.39, 0.29) is 0 Å². The van der Waals surface area contributed by atoms with Gasteiger partial charge in [0, 0.05) is 0 Å². The number of amidine groups is 1. The standard InChI is InChI=1S/C7H13N4/c1-3-11(2)7-4-6(8)9-5-10-7/h3-4,10H,5H2,1-2H3,(H2,8,9)/q+1. The SMILES string of the molecule is CC=[N+](C)C1=CC(N)=NCN1. The predicted molar refractivity (Wildman–Crippen MR) is 45.6 cm³/mol. The molecule has 0 saturated carbocycles. The third kappa shape index (κ3) is 1.80. The number of rotatable bonds is 1. The highest BCUT2D eigenvalue weighted by Crippen LogP contribution is 1.93. The van der Waals surface area contributed by atoms with E-state index in [1.165, 1.54) is 0 Å². The Morgan fingerprint density at radius 3 is 3.09 bits per heavy atom. The molecule has 0 amide bonds. The molecule has 0 aromatic heterocycles. The Bertz CT molecular complexity index is 237. The summed E-state index contributed by atoms with van der Waals surface area (Å²) >= 11 is 0. The van der Waals surface area contributed by atoms with Crippen molar-refractivity contribution in [2.45, 2.75) is 6.92 Å². The molecule has 0 aliphatic carbocycles. The molecule has 4 nitrogen and oxygen atoms in total. The molecule has 1 rings (SSSR count). The molecule has 0 spiro atoms. The zero-order valence-corrected chi connectivity index (χ0v) is 6.83. The molecule has 3 N–H and O–H groups in total. The van der Waals surface area contributed by atoms with Crippen LogP contribution < -0.4 is 11.1 Å². The van der Waals surface area contributed by atoms with Crippen LogP contribution in [-0.4, -0.2) is 30.3 Å². The lowest BCUT2D eigenvalue weighted by Crippen LogP contribution is -2.29. The van der Waals surface area contributed by atoms with Crippen molar-refractivity contribution < 1.29 is 4.58 Å². The molecule has 0 bridgehead atoms. The van der Waals surface area contributed by atoms with Crippen LogP contribution in [0.1, 0.15) is 6.92 Å². The Hall–Kier alpha value is -1.32. The van der Waals surface area contributed by atoms with Gasteiger partial charge in [0.1, 0.15) is 5.84 Å². The summed E-state index contributed by atoms with van der Waals surface area (Å²) in [6.45, 7) is 2.53. The van der Waals surface area contributed by atoms with Crippen molar-refractivity contribution in [2.24, 2.45) is 10.7 Å². The summed E-state index contributed by atoms with van der Waals surface area (Å²) in [7, 11) is 1.96. The van der Waals surface area contributed by atoms with Crippen LogP contribution in [0.15, 0.2) is 16.9 Å². The van der Waals surface area contributed by atoms with E-state index in [1.807, 2.05) is 30.8 Å². The van der Waals surface area contributed by atoms with Gasteiger partial charge in [-0.3, -0.25) is 5.32 Å². The fourth-order valence-electron chi connectivity index (χ4n) is 0.814. The third-order valence-corrected chi connectivity index (χ3v) is 1.57. The van der Waals surface area contributed by atoms with Crippen LogP contribution in [0.3, 0.4) is 0 Å². The van der Waals surface area contributed by atoms with Crippen LogP contribution in [0.2, 0.25) is 0 Å². The Kier molecular flexibility index (Phi) is 2.25. The summed E-state index contributed by atoms with van der Waals surface area (Å²) in [5.74, 6) is 1.56. The van der Waals surface area contributed by atoms with Gasteiger partial charge in [-0.2, -0.15) is 0 Å². The highest BCUT2D eigenvalue weighted by Gasteiger charge is 2.09. The fourth-order valence-corrected chi connectivity index (χ4v) is 0.814. The van der Waals surface area contributed by atoms with Crippen molar-refractivity contribution in [3.63, 3.8) is 0 Å². The highest BCUT2D eigenvalue weighted by molar-refractivity contribution is 5.92. The molecule has 60 valence electrons. The van der Waals surface area contributed by atoms with Gasteiger partial charge in [0.15, 0.2) is 6.67 Å². The molecule has 0 saturated heterocycles. The maximum atomic E-state index is 5.51. The second kappa shape index (κ2) is 3.18. The van der Waals surface area contributed by atoms with Crippen LogP contribution in [0.5, 0.6) is 0 Å². The normalized spacial score (nSPS) is 18.5. The Morgan fingerprint density at radius 2 is 2.55 bits per heavy atom. The van der Waals surface area contributed by atoms with Crippen molar-refractivity contribution in [3.05, 3.63) is 11.9 Å². The summed E-state index contributed by atoms with van der Waals surface area (Å²) in [4.78, 5) is 3.96. The molecule has 0 aromatic carbocycles. The van der Waals surface area contributed by atoms with Crippen molar-refractivity contribution in [3.8, 4) is 0 Å². The lowest BCUT2D eigenvalue weighted by molar-refractivity contribution is -0.445. The van der Waals surface area contributed by atoms with Crippen molar-refractivity contribution >= 4 is 12.1 Å². The largest absolute Gasteiger partial charge is 0.384 e. The summed E-state index contributed by atoms with van der Waals surface area (Å²) in [6.07, 6.45) is 3.76. The van der Waals surface area contributed by atoms with Gasteiger partial charge in [-0.25, -0.2) is 9.57 Å². The van der Waals surface area contributed by atoms with Crippen LogP contribution >= 0.6 is 0 Å². The van der Waals surface area contributed by atoms with E-state index in [4.69, 9.17) is 5.73 Å². The average molecular weight is 153 g/mol. The topological polar surface area (TPSA) is 53.4 Å². The number of aliphatic imine (C=N–C) groups is 1. The van der Waals surface area contributed by atoms with Crippen molar-refractivity contribution in [2.75, 3.05) is 13.7 Å². The van der Waals surface area contributed by atoms with Crippen LogP contribution in [0, 0.1) is 0 Å². The number of hydrogen-bond acceptors (Lipinski definition) is 3. The van der Waals surface area contributed by atoms with E-state index in [0.29, 0.717) is 12.5 Å². The fraction of sp³-hybridized carbons (Fsp3) is 0.429. The zero-order chi connectivity index (χ0) is 8.27. The molecule has 0 atom stereocenters. The molecule has 1 aliphatic heterocycles. The van der Waals surface area contributed by atoms with Crippen molar-refractivity contribution in [1.82, 2.24) is 5.32 Å². The van der Waals surface area contributed by atoms with Gasteiger partial charge < -0.3 is 5.73 Å². The number of hydrogen-bond donors (Lipinski definition) is 2. The maximum Gasteiger partial charge on any atom is 0.279 e. The average Bonchev–Trinajstić information content (AvgIpc) is 2.03. The first-order chi connectivity index (χ1) is 5.24. The Morgan fingerprint density at radius 1 is 1.82 bits per heavy atom. The van der Waals surface area contributed by atoms with Gasteiger partial charge in [0.25, 0.3) is 5.82 Å². The molecule has 4 heteroatoms. The molecule has 0 fully saturated rings. The minimum absolute atomic E-state index is 0.565. The molecule has 0 aromatic rings. The molecule has 0 radical (unpaired) electrons. The van der Waals surface area contributed by atoms with Gasteiger partial charge in [-0.15, -0.1) is 0 Å². The first kappa shape index (κ1) is 7.78. The molecule has 0 unspecified atom stereocenters. The lowest BCUT2D eigenvalue weighted by atomic mass is 10.4. The van der Waals surface area contributed by atoms with Crippen LogP contribution in [0.4, 0.5) is 0 Å². The molecule has 1 aliphatic rings. The quantitative estimate of drug-likeness (QED) is 0.393. The van der Waals surface area contributed by atoms with Gasteiger partial charge in [0.2, 0.25) is 0 Å². The van der Waals surface area contributed by atoms with Gasteiger partial charge >= 0.3 is 0 Å². The predicted octanol–water partition coefficient (Wildman–Crippen LogP) is -0.521. The van der Waals surface area contributed by atoms with E-state index in [2.05, 4.69) is 10.3 Å². The van der Waals surface area contributed by atoms with Gasteiger partial charge in [0.05, 0.1) is 19.3 Å². The molecular formula is C7H13N4+. The maximum absolute atomic E-state index is 5.51. The summed E-state index contributed by atoms with van der Waals surface area (Å²) in [5.41, 5.74) is 5.51. The second-order valence-corrected chi connectivity index (χ2v) is 2.32. The smallest absolute Gasteiger partial charge is 0.279 e. The molecular weight excluding hydrogens is 140 g/mol. The Balaban J connectivity index is 2.81. The first-order valence-electron chi connectivity index (χ1n) is 3.52.